The SMILES string of the molecule is CON(C)S(=O)(=O)c1cc(N)c(Br)cc1F. The van der Waals surface area contributed by atoms with Gasteiger partial charge in [-0.3, -0.25) is 4.84 Å². The van der Waals surface area contributed by atoms with Crippen LogP contribution < -0.4 is 5.73 Å². The second-order valence-electron chi connectivity index (χ2n) is 2.90. The van der Waals surface area contributed by atoms with Crippen molar-refractivity contribution in [3.63, 3.8) is 0 Å². The summed E-state index contributed by atoms with van der Waals surface area (Å²) in [4.78, 5) is 3.99. The van der Waals surface area contributed by atoms with Gasteiger partial charge in [-0.1, -0.05) is 4.47 Å². The zero-order chi connectivity index (χ0) is 12.5. The van der Waals surface area contributed by atoms with Gasteiger partial charge in [-0.2, -0.15) is 0 Å². The normalized spacial score (nSPS) is 12.1. The van der Waals surface area contributed by atoms with E-state index in [-0.39, 0.29) is 5.69 Å². The minimum absolute atomic E-state index is 0.129. The van der Waals surface area contributed by atoms with Gasteiger partial charge in [0.2, 0.25) is 0 Å². The third-order valence-electron chi connectivity index (χ3n) is 1.92. The number of nitrogens with zero attached hydrogens (tertiary/aromatic N) is 1. The van der Waals surface area contributed by atoms with E-state index >= 15 is 0 Å². The molecule has 5 nitrogen and oxygen atoms in total. The summed E-state index contributed by atoms with van der Waals surface area (Å²) < 4.78 is 37.8. The number of hydrogen-bond donors (Lipinski definition) is 1. The lowest BCUT2D eigenvalue weighted by Crippen LogP contribution is -2.26. The van der Waals surface area contributed by atoms with Gasteiger partial charge in [-0.15, -0.1) is 0 Å². The average Bonchev–Trinajstić information content (AvgIpc) is 2.21. The predicted molar refractivity (Wildman–Crippen MR) is 60.5 cm³/mol. The third kappa shape index (κ3) is 2.34. The number of sulfonamides is 1. The summed E-state index contributed by atoms with van der Waals surface area (Å²) in [6, 6.07) is 2.02. The smallest absolute Gasteiger partial charge is 0.267 e. The number of hydrogen-bond acceptors (Lipinski definition) is 4. The van der Waals surface area contributed by atoms with Crippen molar-refractivity contribution in [1.29, 1.82) is 0 Å². The van der Waals surface area contributed by atoms with Crippen molar-refractivity contribution in [3.8, 4) is 0 Å². The monoisotopic (exact) mass is 312 g/mol. The maximum absolute atomic E-state index is 13.5. The number of hydroxylamine groups is 1. The van der Waals surface area contributed by atoms with Crippen molar-refractivity contribution in [3.05, 3.63) is 22.4 Å². The van der Waals surface area contributed by atoms with E-state index in [1.54, 1.807) is 0 Å². The number of rotatable bonds is 3. The Morgan fingerprint density at radius 2 is 2.06 bits per heavy atom. The quantitative estimate of drug-likeness (QED) is 0.675. The highest BCUT2D eigenvalue weighted by atomic mass is 79.9. The first-order valence-corrected chi connectivity index (χ1v) is 6.31. The molecule has 0 radical (unpaired) electrons. The van der Waals surface area contributed by atoms with Crippen molar-refractivity contribution in [1.82, 2.24) is 4.47 Å². The highest BCUT2D eigenvalue weighted by Gasteiger charge is 2.25. The minimum atomic E-state index is -4.02. The van der Waals surface area contributed by atoms with Gasteiger partial charge in [0.1, 0.15) is 10.7 Å². The molecule has 90 valence electrons. The molecule has 8 heteroatoms. The Labute approximate surface area is 101 Å². The van der Waals surface area contributed by atoms with E-state index in [0.717, 1.165) is 26.3 Å². The van der Waals surface area contributed by atoms with Gasteiger partial charge in [0.25, 0.3) is 10.0 Å². The number of halogens is 2. The molecule has 16 heavy (non-hydrogen) atoms. The lowest BCUT2D eigenvalue weighted by Gasteiger charge is -2.15. The topological polar surface area (TPSA) is 72.6 Å². The van der Waals surface area contributed by atoms with E-state index in [1.807, 2.05) is 0 Å². The van der Waals surface area contributed by atoms with Crippen LogP contribution in [0.3, 0.4) is 0 Å². The zero-order valence-electron chi connectivity index (χ0n) is 8.57. The van der Waals surface area contributed by atoms with Crippen LogP contribution in [-0.4, -0.2) is 27.0 Å². The summed E-state index contributed by atoms with van der Waals surface area (Å²) in [6.45, 7) is 0. The van der Waals surface area contributed by atoms with Gasteiger partial charge >= 0.3 is 0 Å². The molecule has 0 spiro atoms. The van der Waals surface area contributed by atoms with Gasteiger partial charge in [0.15, 0.2) is 0 Å². The van der Waals surface area contributed by atoms with Crippen LogP contribution in [0.4, 0.5) is 10.1 Å². The maximum Gasteiger partial charge on any atom is 0.267 e. The van der Waals surface area contributed by atoms with Gasteiger partial charge in [-0.05, 0) is 28.1 Å². The zero-order valence-corrected chi connectivity index (χ0v) is 11.0. The molecule has 1 rings (SSSR count). The summed E-state index contributed by atoms with van der Waals surface area (Å²) in [6.07, 6.45) is 0. The van der Waals surface area contributed by atoms with E-state index < -0.39 is 20.7 Å². The van der Waals surface area contributed by atoms with Gasteiger partial charge in [0, 0.05) is 17.2 Å². The van der Waals surface area contributed by atoms with E-state index in [0.29, 0.717) is 8.94 Å². The fourth-order valence-electron chi connectivity index (χ4n) is 0.979. The Bertz CT molecular complexity index is 506. The molecule has 0 atom stereocenters. The molecule has 0 amide bonds. The Morgan fingerprint density at radius 3 is 2.56 bits per heavy atom. The lowest BCUT2D eigenvalue weighted by molar-refractivity contribution is -0.0260. The van der Waals surface area contributed by atoms with Crippen molar-refractivity contribution in [2.45, 2.75) is 4.90 Å². The lowest BCUT2D eigenvalue weighted by atomic mass is 10.3. The Morgan fingerprint density at radius 1 is 1.50 bits per heavy atom. The molecule has 0 saturated heterocycles. The summed E-state index contributed by atoms with van der Waals surface area (Å²) in [5.41, 5.74) is 5.62. The standard InChI is InChI=1S/C8H10BrFN2O3S/c1-12(15-2)16(13,14)8-4-7(11)5(9)3-6(8)10/h3-4H,11H2,1-2H3. The summed E-state index contributed by atoms with van der Waals surface area (Å²) in [5.74, 6) is -0.898. The highest BCUT2D eigenvalue weighted by molar-refractivity contribution is 9.10. The van der Waals surface area contributed by atoms with Gasteiger partial charge < -0.3 is 5.73 Å². The largest absolute Gasteiger partial charge is 0.398 e. The second kappa shape index (κ2) is 4.66. The van der Waals surface area contributed by atoms with E-state index in [4.69, 9.17) is 5.73 Å². The Kier molecular flexibility index (Phi) is 3.89. The molecule has 0 aliphatic rings. The van der Waals surface area contributed by atoms with Crippen LogP contribution in [-0.2, 0) is 14.9 Å². The first-order chi connectivity index (χ1) is 7.30. The first kappa shape index (κ1) is 13.4. The van der Waals surface area contributed by atoms with E-state index in [9.17, 15) is 12.8 Å². The van der Waals surface area contributed by atoms with Gasteiger partial charge in [-0.25, -0.2) is 12.8 Å². The first-order valence-electron chi connectivity index (χ1n) is 4.08. The van der Waals surface area contributed by atoms with E-state index in [1.165, 1.54) is 0 Å². The molecule has 0 fully saturated rings. The van der Waals surface area contributed by atoms with Crippen LogP contribution in [0.15, 0.2) is 21.5 Å². The maximum atomic E-state index is 13.5. The molecular weight excluding hydrogens is 303 g/mol. The molecule has 0 aromatic heterocycles. The van der Waals surface area contributed by atoms with E-state index in [2.05, 4.69) is 20.8 Å². The summed E-state index contributed by atoms with van der Waals surface area (Å²) in [7, 11) is -1.70. The molecule has 1 aromatic rings. The molecule has 0 unspecified atom stereocenters. The fourth-order valence-corrected chi connectivity index (χ4v) is 2.35. The fraction of sp³-hybridized carbons (Fsp3) is 0.250. The average molecular weight is 313 g/mol. The van der Waals surface area contributed by atoms with Gasteiger partial charge in [0.05, 0.1) is 7.11 Å². The minimum Gasteiger partial charge on any atom is -0.398 e. The second-order valence-corrected chi connectivity index (χ2v) is 5.66. The van der Waals surface area contributed by atoms with Crippen LogP contribution in [0, 0.1) is 5.82 Å². The van der Waals surface area contributed by atoms with Crippen molar-refractivity contribution >= 4 is 31.6 Å². The molecular formula is C8H10BrFN2O3S. The van der Waals surface area contributed by atoms with Crippen LogP contribution in [0.25, 0.3) is 0 Å². The number of nitrogens with two attached hydrogens (primary N) is 1. The number of benzene rings is 1. The van der Waals surface area contributed by atoms with Crippen molar-refractivity contribution in [2.75, 3.05) is 19.9 Å². The Balaban J connectivity index is 3.40. The van der Waals surface area contributed by atoms with Crippen LogP contribution >= 0.6 is 15.9 Å². The molecule has 1 aromatic carbocycles. The molecule has 0 bridgehead atoms. The van der Waals surface area contributed by atoms with Crippen LogP contribution in [0.5, 0.6) is 0 Å². The number of anilines is 1. The molecule has 2 N–H and O–H groups in total. The third-order valence-corrected chi connectivity index (χ3v) is 4.31. The van der Waals surface area contributed by atoms with Crippen LogP contribution in [0.2, 0.25) is 0 Å². The van der Waals surface area contributed by atoms with Crippen molar-refractivity contribution < 1.29 is 17.6 Å². The molecule has 0 aliphatic carbocycles. The predicted octanol–water partition coefficient (Wildman–Crippen LogP) is 1.35. The van der Waals surface area contributed by atoms with Crippen LogP contribution in [0.1, 0.15) is 0 Å². The number of nitrogen functional groups attached to an aromatic ring is 1. The highest BCUT2D eigenvalue weighted by Crippen LogP contribution is 2.27. The molecule has 0 aliphatic heterocycles. The van der Waals surface area contributed by atoms with Crippen molar-refractivity contribution in [2.24, 2.45) is 0 Å². The Hall–Kier alpha value is -0.700. The molecule has 0 heterocycles. The molecule has 0 saturated carbocycles. The summed E-state index contributed by atoms with van der Waals surface area (Å²) >= 11 is 3.00. The summed E-state index contributed by atoms with van der Waals surface area (Å²) in [5, 5.41) is 0.